The fraction of sp³-hybridized carbons (Fsp3) is 0.571. The number of carbonyl (C=O) groups is 3. The van der Waals surface area contributed by atoms with Gasteiger partial charge in [-0.25, -0.2) is 4.79 Å². The molecule has 0 bridgehead atoms. The topological polar surface area (TPSA) is 136 Å². The Balaban J connectivity index is 2.54. The van der Waals surface area contributed by atoms with E-state index in [9.17, 15) is 29.7 Å². The number of phenols is 1. The Hall–Kier alpha value is -2.61. The van der Waals surface area contributed by atoms with Gasteiger partial charge in [0, 0.05) is 12.8 Å². The van der Waals surface area contributed by atoms with E-state index in [2.05, 4.69) is 24.5 Å². The van der Waals surface area contributed by atoms with Crippen LogP contribution in [-0.2, 0) is 20.8 Å². The molecule has 29 heavy (non-hydrogen) atoms. The molecule has 1 rings (SSSR count). The number of hydrogen-bond donors (Lipinski definition) is 5. The predicted molar refractivity (Wildman–Crippen MR) is 108 cm³/mol. The van der Waals surface area contributed by atoms with Crippen LogP contribution in [0.15, 0.2) is 24.3 Å². The van der Waals surface area contributed by atoms with Gasteiger partial charge in [0.05, 0.1) is 6.61 Å². The summed E-state index contributed by atoms with van der Waals surface area (Å²) in [5, 5.41) is 32.9. The van der Waals surface area contributed by atoms with Gasteiger partial charge in [-0.2, -0.15) is 0 Å². The summed E-state index contributed by atoms with van der Waals surface area (Å²) in [6, 6.07) is 3.53. The third kappa shape index (κ3) is 9.43. The molecule has 2 amide bonds. The zero-order valence-corrected chi connectivity index (χ0v) is 17.1. The summed E-state index contributed by atoms with van der Waals surface area (Å²) in [5.74, 6) is -1.69. The second-order valence-electron chi connectivity index (χ2n) is 7.33. The fourth-order valence-corrected chi connectivity index (χ4v) is 2.78. The van der Waals surface area contributed by atoms with Crippen molar-refractivity contribution in [2.45, 2.75) is 64.5 Å². The smallest absolute Gasteiger partial charge is 0.326 e. The number of benzene rings is 1. The maximum atomic E-state index is 12.3. The number of aliphatic hydroxyl groups excluding tert-OH is 1. The van der Waals surface area contributed by atoms with Crippen molar-refractivity contribution in [3.63, 3.8) is 0 Å². The number of hydrogen-bond acceptors (Lipinski definition) is 5. The monoisotopic (exact) mass is 408 g/mol. The molecule has 0 aliphatic carbocycles. The van der Waals surface area contributed by atoms with Gasteiger partial charge < -0.3 is 26.0 Å². The fourth-order valence-electron chi connectivity index (χ4n) is 2.78. The van der Waals surface area contributed by atoms with Gasteiger partial charge in [0.1, 0.15) is 17.8 Å². The maximum Gasteiger partial charge on any atom is 0.326 e. The third-order valence-corrected chi connectivity index (χ3v) is 4.87. The summed E-state index contributed by atoms with van der Waals surface area (Å²) in [6.45, 7) is 3.65. The van der Waals surface area contributed by atoms with Crippen molar-refractivity contribution >= 4 is 17.8 Å². The highest BCUT2D eigenvalue weighted by molar-refractivity contribution is 5.90. The first-order valence-corrected chi connectivity index (χ1v) is 9.98. The Morgan fingerprint density at radius 1 is 1.03 bits per heavy atom. The van der Waals surface area contributed by atoms with Gasteiger partial charge in [-0.15, -0.1) is 0 Å². The number of carbonyl (C=O) groups excluding carboxylic acids is 2. The second kappa shape index (κ2) is 12.8. The first-order chi connectivity index (χ1) is 13.8. The zero-order valence-electron chi connectivity index (χ0n) is 17.1. The number of nitrogens with one attached hydrogen (secondary N) is 2. The largest absolute Gasteiger partial charge is 0.508 e. The van der Waals surface area contributed by atoms with Crippen molar-refractivity contribution < 1.29 is 29.7 Å². The van der Waals surface area contributed by atoms with Crippen LogP contribution in [0, 0.1) is 5.92 Å². The zero-order chi connectivity index (χ0) is 21.8. The molecule has 0 fully saturated rings. The average molecular weight is 408 g/mol. The average Bonchev–Trinajstić information content (AvgIpc) is 2.69. The molecule has 0 spiro atoms. The van der Waals surface area contributed by atoms with Gasteiger partial charge in [-0.1, -0.05) is 45.2 Å². The van der Waals surface area contributed by atoms with Gasteiger partial charge in [0.15, 0.2) is 0 Å². The molecule has 1 aromatic rings. The van der Waals surface area contributed by atoms with E-state index in [-0.39, 0.29) is 24.5 Å². The quantitative estimate of drug-likeness (QED) is 0.315. The Bertz CT molecular complexity index is 662. The lowest BCUT2D eigenvalue weighted by Gasteiger charge is -2.20. The van der Waals surface area contributed by atoms with Crippen LogP contribution in [0.1, 0.15) is 51.5 Å². The van der Waals surface area contributed by atoms with E-state index in [1.54, 1.807) is 12.1 Å². The van der Waals surface area contributed by atoms with Crippen LogP contribution in [0.4, 0.5) is 0 Å². The second-order valence-corrected chi connectivity index (χ2v) is 7.33. The van der Waals surface area contributed by atoms with Crippen LogP contribution in [0.5, 0.6) is 5.75 Å². The summed E-state index contributed by atoms with van der Waals surface area (Å²) in [7, 11) is 0. The molecule has 5 N–H and O–H groups in total. The van der Waals surface area contributed by atoms with E-state index < -0.39 is 30.6 Å². The van der Waals surface area contributed by atoms with Gasteiger partial charge >= 0.3 is 5.97 Å². The van der Waals surface area contributed by atoms with Crippen LogP contribution >= 0.6 is 0 Å². The molecule has 0 unspecified atom stereocenters. The summed E-state index contributed by atoms with van der Waals surface area (Å²) in [5.41, 5.74) is 0.612. The number of carboxylic acid groups (broad SMARTS) is 1. The van der Waals surface area contributed by atoms with E-state index in [1.807, 2.05) is 0 Å². The van der Waals surface area contributed by atoms with Crippen molar-refractivity contribution in [2.75, 3.05) is 6.61 Å². The summed E-state index contributed by atoms with van der Waals surface area (Å²) < 4.78 is 0. The first kappa shape index (κ1) is 24.4. The Kier molecular flexibility index (Phi) is 10.8. The molecule has 8 nitrogen and oxygen atoms in total. The molecule has 0 aliphatic rings. The lowest BCUT2D eigenvalue weighted by molar-refractivity contribution is -0.142. The van der Waals surface area contributed by atoms with Gasteiger partial charge in [-0.05, 0) is 30.0 Å². The first-order valence-electron chi connectivity index (χ1n) is 9.98. The van der Waals surface area contributed by atoms with Crippen LogP contribution in [0.2, 0.25) is 0 Å². The summed E-state index contributed by atoms with van der Waals surface area (Å²) >= 11 is 0. The third-order valence-electron chi connectivity index (χ3n) is 4.87. The molecule has 162 valence electrons. The maximum absolute atomic E-state index is 12.3. The molecule has 0 radical (unpaired) electrons. The Morgan fingerprint density at radius 3 is 2.24 bits per heavy atom. The van der Waals surface area contributed by atoms with Crippen molar-refractivity contribution in [1.29, 1.82) is 0 Å². The number of aromatic hydroxyl groups is 1. The SMILES string of the molecule is CC[C@@H](C)CCCCC(=O)N[C@H](CO)C(=O)N[C@H](Cc1ccc(O)cc1)C(=O)O. The summed E-state index contributed by atoms with van der Waals surface area (Å²) in [4.78, 5) is 35.8. The van der Waals surface area contributed by atoms with E-state index in [4.69, 9.17) is 0 Å². The molecular formula is C21H32N2O6. The molecule has 0 aliphatic heterocycles. The number of amides is 2. The van der Waals surface area contributed by atoms with E-state index >= 15 is 0 Å². The van der Waals surface area contributed by atoms with E-state index in [0.717, 1.165) is 19.3 Å². The minimum absolute atomic E-state index is 0.00304. The number of unbranched alkanes of at least 4 members (excludes halogenated alkanes) is 1. The van der Waals surface area contributed by atoms with E-state index in [0.29, 0.717) is 17.9 Å². The molecule has 1 aromatic carbocycles. The van der Waals surface area contributed by atoms with Crippen LogP contribution < -0.4 is 10.6 Å². The van der Waals surface area contributed by atoms with Crippen molar-refractivity contribution in [3.8, 4) is 5.75 Å². The van der Waals surface area contributed by atoms with Gasteiger partial charge in [0.2, 0.25) is 11.8 Å². The molecule has 0 aromatic heterocycles. The molecular weight excluding hydrogens is 376 g/mol. The van der Waals surface area contributed by atoms with E-state index in [1.165, 1.54) is 12.1 Å². The lowest BCUT2D eigenvalue weighted by Crippen LogP contribution is -2.53. The number of aliphatic hydroxyl groups is 1. The highest BCUT2D eigenvalue weighted by Crippen LogP contribution is 2.13. The van der Waals surface area contributed by atoms with Gasteiger partial charge in [0.25, 0.3) is 0 Å². The van der Waals surface area contributed by atoms with Crippen molar-refractivity contribution in [2.24, 2.45) is 5.92 Å². The minimum atomic E-state index is -1.24. The number of rotatable bonds is 13. The van der Waals surface area contributed by atoms with Crippen LogP contribution in [0.25, 0.3) is 0 Å². The number of carboxylic acids is 1. The Labute approximate surface area is 171 Å². The lowest BCUT2D eigenvalue weighted by atomic mass is 10.0. The molecule has 0 saturated heterocycles. The molecule has 0 saturated carbocycles. The standard InChI is InChI=1S/C21H32N2O6/c1-3-14(2)6-4-5-7-19(26)22-18(13-24)20(27)23-17(21(28)29)12-15-8-10-16(25)11-9-15/h8-11,14,17-18,24-25H,3-7,12-13H2,1-2H3,(H,22,26)(H,23,27)(H,28,29)/t14-,17-,18-/m1/s1. The van der Waals surface area contributed by atoms with Crippen molar-refractivity contribution in [3.05, 3.63) is 29.8 Å². The van der Waals surface area contributed by atoms with Crippen molar-refractivity contribution in [1.82, 2.24) is 10.6 Å². The summed E-state index contributed by atoms with van der Waals surface area (Å²) in [6.07, 6.45) is 3.97. The minimum Gasteiger partial charge on any atom is -0.508 e. The normalized spacial score (nSPS) is 13.9. The Morgan fingerprint density at radius 2 is 1.69 bits per heavy atom. The molecule has 0 heterocycles. The van der Waals surface area contributed by atoms with Crippen LogP contribution in [0.3, 0.4) is 0 Å². The van der Waals surface area contributed by atoms with Gasteiger partial charge in [-0.3, -0.25) is 9.59 Å². The highest BCUT2D eigenvalue weighted by atomic mass is 16.4. The molecule has 8 heteroatoms. The van der Waals surface area contributed by atoms with Crippen LogP contribution in [-0.4, -0.2) is 51.8 Å². The number of phenolic OH excluding ortho intramolecular Hbond substituents is 1. The number of aliphatic carboxylic acids is 1. The molecule has 3 atom stereocenters. The predicted octanol–water partition coefficient (Wildman–Crippen LogP) is 1.59. The highest BCUT2D eigenvalue weighted by Gasteiger charge is 2.26.